The molecule has 0 radical (unpaired) electrons. The fourth-order valence-electron chi connectivity index (χ4n) is 2.78. The number of aromatic nitrogens is 1. The fourth-order valence-corrected chi connectivity index (χ4v) is 2.78. The third-order valence-electron chi connectivity index (χ3n) is 3.87. The Kier molecular flexibility index (Phi) is 3.18. The van der Waals surface area contributed by atoms with Crippen molar-refractivity contribution in [3.05, 3.63) is 46.5 Å². The van der Waals surface area contributed by atoms with E-state index in [0.29, 0.717) is 22.2 Å². The molecule has 0 amide bonds. The summed E-state index contributed by atoms with van der Waals surface area (Å²) < 4.78 is 77.8. The van der Waals surface area contributed by atoms with E-state index < -0.39 is 23.5 Å². The smallest absolute Gasteiger partial charge is 0.354 e. The molecular weight excluding hydrogens is 320 g/mol. The van der Waals surface area contributed by atoms with Crippen LogP contribution >= 0.6 is 0 Å². The number of hydrogen-bond acceptors (Lipinski definition) is 0. The molecular formula is C16H11F6N. The Bertz CT molecular complexity index is 840. The summed E-state index contributed by atoms with van der Waals surface area (Å²) >= 11 is 0. The molecule has 7 heteroatoms. The van der Waals surface area contributed by atoms with E-state index in [1.54, 1.807) is 0 Å². The van der Waals surface area contributed by atoms with Crippen LogP contribution in [0.4, 0.5) is 26.3 Å². The summed E-state index contributed by atoms with van der Waals surface area (Å²) in [6, 6.07) is 3.75. The molecule has 0 spiro atoms. The summed E-state index contributed by atoms with van der Waals surface area (Å²) in [5, 5.41) is 0.281. The number of halogens is 6. The van der Waals surface area contributed by atoms with Crippen molar-refractivity contribution in [2.75, 3.05) is 0 Å². The van der Waals surface area contributed by atoms with Crippen LogP contribution in [0.3, 0.4) is 0 Å². The first kappa shape index (κ1) is 15.7. The van der Waals surface area contributed by atoms with Crippen molar-refractivity contribution in [3.63, 3.8) is 0 Å². The molecule has 3 rings (SSSR count). The second-order valence-electron chi connectivity index (χ2n) is 5.55. The lowest BCUT2D eigenvalue weighted by atomic mass is 10.0. The normalized spacial score (nSPS) is 13.2. The Hall–Kier alpha value is -2.18. The van der Waals surface area contributed by atoms with Gasteiger partial charge in [-0.3, -0.25) is 0 Å². The van der Waals surface area contributed by atoms with Crippen LogP contribution in [0.1, 0.15) is 22.3 Å². The molecule has 0 bridgehead atoms. The molecule has 23 heavy (non-hydrogen) atoms. The molecule has 0 unspecified atom stereocenters. The van der Waals surface area contributed by atoms with Gasteiger partial charge in [0.2, 0.25) is 0 Å². The van der Waals surface area contributed by atoms with Crippen molar-refractivity contribution in [3.8, 4) is 0 Å². The molecule has 1 nitrogen and oxygen atoms in total. The molecule has 0 fully saturated rings. The lowest BCUT2D eigenvalue weighted by Crippen LogP contribution is -2.05. The molecule has 0 aliphatic heterocycles. The number of hydrogen-bond donors (Lipinski definition) is 1. The van der Waals surface area contributed by atoms with Gasteiger partial charge in [-0.05, 0) is 49.2 Å². The van der Waals surface area contributed by atoms with E-state index in [0.717, 1.165) is 24.3 Å². The molecule has 2 aromatic carbocycles. The summed E-state index contributed by atoms with van der Waals surface area (Å²) in [7, 11) is 0. The highest BCUT2D eigenvalue weighted by Crippen LogP contribution is 2.39. The number of aromatic amines is 1. The Morgan fingerprint density at radius 2 is 1.00 bits per heavy atom. The van der Waals surface area contributed by atoms with Crippen molar-refractivity contribution in [1.82, 2.24) is 4.98 Å². The first-order valence-corrected chi connectivity index (χ1v) is 6.69. The van der Waals surface area contributed by atoms with Gasteiger partial charge >= 0.3 is 12.4 Å². The van der Waals surface area contributed by atoms with Gasteiger partial charge in [0.05, 0.1) is 11.1 Å². The first-order valence-electron chi connectivity index (χ1n) is 6.69. The van der Waals surface area contributed by atoms with Crippen molar-refractivity contribution in [1.29, 1.82) is 0 Å². The number of alkyl halides is 6. The van der Waals surface area contributed by atoms with Crippen LogP contribution in [0.5, 0.6) is 0 Å². The summed E-state index contributed by atoms with van der Waals surface area (Å²) in [5.41, 5.74) is -0.263. The Morgan fingerprint density at radius 3 is 1.30 bits per heavy atom. The van der Waals surface area contributed by atoms with E-state index in [2.05, 4.69) is 4.98 Å². The minimum atomic E-state index is -4.56. The van der Waals surface area contributed by atoms with Crippen LogP contribution < -0.4 is 0 Å². The average molecular weight is 331 g/mol. The summed E-state index contributed by atoms with van der Waals surface area (Å²) in [5.74, 6) is 0. The van der Waals surface area contributed by atoms with E-state index in [1.807, 2.05) is 0 Å². The quantitative estimate of drug-likeness (QED) is 0.488. The largest absolute Gasteiger partial charge is 0.416 e. The fraction of sp³-hybridized carbons (Fsp3) is 0.250. The molecule has 122 valence electrons. The monoisotopic (exact) mass is 331 g/mol. The zero-order chi connectivity index (χ0) is 17.2. The van der Waals surface area contributed by atoms with Gasteiger partial charge in [-0.2, -0.15) is 26.3 Å². The Morgan fingerprint density at radius 1 is 0.652 bits per heavy atom. The van der Waals surface area contributed by atoms with Gasteiger partial charge in [-0.25, -0.2) is 0 Å². The number of H-pyrrole nitrogens is 1. The predicted octanol–water partition coefficient (Wildman–Crippen LogP) is 5.98. The zero-order valence-electron chi connectivity index (χ0n) is 12.1. The third kappa shape index (κ3) is 2.54. The topological polar surface area (TPSA) is 15.8 Å². The van der Waals surface area contributed by atoms with Crippen molar-refractivity contribution >= 4 is 21.8 Å². The van der Waals surface area contributed by atoms with E-state index in [9.17, 15) is 26.3 Å². The lowest BCUT2D eigenvalue weighted by molar-refractivity contribution is -0.138. The standard InChI is InChI=1S/C16H11F6N/c1-7-3-9(15(17,18)19)5-11-12-6-10(16(20,21)22)4-8(2)14(12)23-13(7)11/h3-6,23H,1-2H3. The number of fused-ring (bicyclic) bond motifs is 3. The molecule has 0 aliphatic carbocycles. The molecule has 0 saturated carbocycles. The molecule has 0 saturated heterocycles. The van der Waals surface area contributed by atoms with Crippen molar-refractivity contribution in [2.24, 2.45) is 0 Å². The maximum atomic E-state index is 13.0. The minimum absolute atomic E-state index is 0.140. The predicted molar refractivity (Wildman–Crippen MR) is 75.3 cm³/mol. The van der Waals surface area contributed by atoms with Gasteiger partial charge in [0, 0.05) is 21.8 Å². The summed E-state index contributed by atoms with van der Waals surface area (Å²) in [6.45, 7) is 2.99. The van der Waals surface area contributed by atoms with E-state index in [-0.39, 0.29) is 10.8 Å². The summed E-state index contributed by atoms with van der Waals surface area (Å²) in [6.07, 6.45) is -9.11. The van der Waals surface area contributed by atoms with Crippen molar-refractivity contribution < 1.29 is 26.3 Å². The van der Waals surface area contributed by atoms with Crippen LogP contribution in [0.15, 0.2) is 24.3 Å². The molecule has 3 aromatic rings. The highest BCUT2D eigenvalue weighted by Gasteiger charge is 2.33. The molecule has 1 N–H and O–H groups in total. The van der Waals surface area contributed by atoms with Gasteiger partial charge < -0.3 is 4.98 Å². The van der Waals surface area contributed by atoms with Crippen LogP contribution in [-0.2, 0) is 12.4 Å². The lowest BCUT2D eigenvalue weighted by Gasteiger charge is -2.09. The van der Waals surface area contributed by atoms with Gasteiger partial charge in [0.25, 0.3) is 0 Å². The maximum Gasteiger partial charge on any atom is 0.416 e. The SMILES string of the molecule is Cc1cc(C(F)(F)F)cc2c1[nH]c1c(C)cc(C(F)(F)F)cc12. The number of benzene rings is 2. The zero-order valence-corrected chi connectivity index (χ0v) is 12.1. The molecule has 1 aromatic heterocycles. The molecule has 1 heterocycles. The van der Waals surface area contributed by atoms with Gasteiger partial charge in [-0.1, -0.05) is 0 Å². The number of aryl methyl sites for hydroxylation is 2. The maximum absolute atomic E-state index is 13.0. The minimum Gasteiger partial charge on any atom is -0.354 e. The Balaban J connectivity index is 2.44. The second kappa shape index (κ2) is 4.66. The van der Waals surface area contributed by atoms with E-state index in [4.69, 9.17) is 0 Å². The Labute approximate surface area is 126 Å². The first-order chi connectivity index (χ1) is 10.5. The number of rotatable bonds is 0. The molecule has 0 atom stereocenters. The van der Waals surface area contributed by atoms with Gasteiger partial charge in [-0.15, -0.1) is 0 Å². The number of nitrogens with one attached hydrogen (secondary N) is 1. The van der Waals surface area contributed by atoms with Crippen LogP contribution in [0.2, 0.25) is 0 Å². The van der Waals surface area contributed by atoms with Gasteiger partial charge in [0.15, 0.2) is 0 Å². The van der Waals surface area contributed by atoms with E-state index >= 15 is 0 Å². The van der Waals surface area contributed by atoms with Crippen LogP contribution in [0, 0.1) is 13.8 Å². The molecule has 0 aliphatic rings. The van der Waals surface area contributed by atoms with E-state index in [1.165, 1.54) is 13.8 Å². The third-order valence-corrected chi connectivity index (χ3v) is 3.87. The average Bonchev–Trinajstić information content (AvgIpc) is 2.77. The highest BCUT2D eigenvalue weighted by atomic mass is 19.4. The summed E-state index contributed by atoms with van der Waals surface area (Å²) in [4.78, 5) is 2.94. The van der Waals surface area contributed by atoms with Gasteiger partial charge in [0.1, 0.15) is 0 Å². The van der Waals surface area contributed by atoms with Crippen molar-refractivity contribution in [2.45, 2.75) is 26.2 Å². The van der Waals surface area contributed by atoms with Crippen LogP contribution in [-0.4, -0.2) is 4.98 Å². The second-order valence-corrected chi connectivity index (χ2v) is 5.55. The van der Waals surface area contributed by atoms with Crippen LogP contribution in [0.25, 0.3) is 21.8 Å². The highest BCUT2D eigenvalue weighted by molar-refractivity contribution is 6.09.